The summed E-state index contributed by atoms with van der Waals surface area (Å²) in [4.78, 5) is 21.3. The van der Waals surface area contributed by atoms with E-state index in [1.165, 1.54) is 13.3 Å². The Morgan fingerprint density at radius 3 is 3.16 bits per heavy atom. The van der Waals surface area contributed by atoms with Gasteiger partial charge in [-0.1, -0.05) is 0 Å². The lowest BCUT2D eigenvalue weighted by Gasteiger charge is -2.33. The van der Waals surface area contributed by atoms with Gasteiger partial charge >= 0.3 is 5.97 Å². The van der Waals surface area contributed by atoms with Crippen LogP contribution in [0.4, 0.5) is 5.82 Å². The molecule has 1 aromatic heterocycles. The van der Waals surface area contributed by atoms with Crippen LogP contribution < -0.4 is 4.90 Å². The zero-order valence-corrected chi connectivity index (χ0v) is 10.6. The Balaban J connectivity index is 2.09. The van der Waals surface area contributed by atoms with Gasteiger partial charge in [0, 0.05) is 25.5 Å². The van der Waals surface area contributed by atoms with Crippen molar-refractivity contribution in [1.82, 2.24) is 9.97 Å². The Labute approximate surface area is 110 Å². The first-order valence-electron chi connectivity index (χ1n) is 5.89. The number of anilines is 1. The third-order valence-electron chi connectivity index (χ3n) is 2.85. The summed E-state index contributed by atoms with van der Waals surface area (Å²) >= 11 is 0. The molecule has 100 valence electrons. The number of esters is 1. The van der Waals surface area contributed by atoms with Crippen molar-refractivity contribution >= 4 is 11.8 Å². The summed E-state index contributed by atoms with van der Waals surface area (Å²) in [6.07, 6.45) is 2.96. The molecule has 1 unspecified atom stereocenters. The van der Waals surface area contributed by atoms with Crippen LogP contribution in [-0.2, 0) is 14.3 Å². The van der Waals surface area contributed by atoms with Gasteiger partial charge in [0.1, 0.15) is 6.07 Å². The summed E-state index contributed by atoms with van der Waals surface area (Å²) in [5.41, 5.74) is 0.279. The van der Waals surface area contributed by atoms with Crippen molar-refractivity contribution in [1.29, 1.82) is 5.26 Å². The van der Waals surface area contributed by atoms with Crippen molar-refractivity contribution in [3.8, 4) is 6.07 Å². The van der Waals surface area contributed by atoms with E-state index in [0.29, 0.717) is 25.5 Å². The third kappa shape index (κ3) is 3.17. The highest BCUT2D eigenvalue weighted by atomic mass is 16.5. The molecular weight excluding hydrogens is 248 g/mol. The maximum Gasteiger partial charge on any atom is 0.308 e. The van der Waals surface area contributed by atoms with E-state index in [0.717, 1.165) is 0 Å². The van der Waals surface area contributed by atoms with Crippen LogP contribution in [0.25, 0.3) is 0 Å². The second kappa shape index (κ2) is 6.11. The average Bonchev–Trinajstić information content (AvgIpc) is 2.47. The van der Waals surface area contributed by atoms with E-state index >= 15 is 0 Å². The van der Waals surface area contributed by atoms with Crippen molar-refractivity contribution in [2.75, 3.05) is 31.7 Å². The number of hydrogen-bond acceptors (Lipinski definition) is 7. The summed E-state index contributed by atoms with van der Waals surface area (Å²) in [6, 6.07) is 2.01. The van der Waals surface area contributed by atoms with Crippen LogP contribution in [0.2, 0.25) is 0 Å². The number of carbonyl (C=O) groups is 1. The summed E-state index contributed by atoms with van der Waals surface area (Å²) < 4.78 is 10.1. The van der Waals surface area contributed by atoms with E-state index in [2.05, 4.69) is 14.7 Å². The van der Waals surface area contributed by atoms with Crippen LogP contribution in [0, 0.1) is 11.3 Å². The lowest BCUT2D eigenvalue weighted by atomic mass is 10.2. The maximum absolute atomic E-state index is 11.2. The second-order valence-corrected chi connectivity index (χ2v) is 4.06. The van der Waals surface area contributed by atoms with Crippen molar-refractivity contribution < 1.29 is 14.3 Å². The van der Waals surface area contributed by atoms with E-state index in [4.69, 9.17) is 10.00 Å². The molecule has 0 radical (unpaired) electrons. The van der Waals surface area contributed by atoms with Crippen LogP contribution in [0.1, 0.15) is 12.1 Å². The van der Waals surface area contributed by atoms with E-state index in [9.17, 15) is 4.79 Å². The van der Waals surface area contributed by atoms with Crippen LogP contribution in [0.15, 0.2) is 12.4 Å². The van der Waals surface area contributed by atoms with Gasteiger partial charge in [-0.05, 0) is 0 Å². The lowest BCUT2D eigenvalue weighted by Crippen LogP contribution is -2.44. The highest BCUT2D eigenvalue weighted by Gasteiger charge is 2.25. The number of carbonyl (C=O) groups excluding carboxylic acids is 1. The Morgan fingerprint density at radius 1 is 1.63 bits per heavy atom. The fourth-order valence-corrected chi connectivity index (χ4v) is 1.95. The number of nitriles is 1. The zero-order chi connectivity index (χ0) is 13.7. The largest absolute Gasteiger partial charge is 0.469 e. The Morgan fingerprint density at radius 2 is 2.42 bits per heavy atom. The molecule has 0 amide bonds. The molecule has 0 aliphatic carbocycles. The molecule has 1 aliphatic heterocycles. The fraction of sp³-hybridized carbons (Fsp3) is 0.500. The molecule has 0 bridgehead atoms. The molecule has 2 rings (SSSR count). The van der Waals surface area contributed by atoms with Crippen molar-refractivity contribution in [2.45, 2.75) is 12.5 Å². The minimum atomic E-state index is -0.313. The second-order valence-electron chi connectivity index (χ2n) is 4.06. The van der Waals surface area contributed by atoms with Crippen molar-refractivity contribution in [3.63, 3.8) is 0 Å². The molecular formula is C12H14N4O3. The van der Waals surface area contributed by atoms with Crippen molar-refractivity contribution in [2.24, 2.45) is 0 Å². The molecule has 0 saturated carbocycles. The van der Waals surface area contributed by atoms with Crippen molar-refractivity contribution in [3.05, 3.63) is 18.1 Å². The average molecular weight is 262 g/mol. The lowest BCUT2D eigenvalue weighted by molar-refractivity contribution is -0.144. The number of rotatable bonds is 3. The summed E-state index contributed by atoms with van der Waals surface area (Å²) in [5.74, 6) is 0.217. The first-order valence-corrected chi connectivity index (χ1v) is 5.89. The Kier molecular flexibility index (Phi) is 4.26. The topological polar surface area (TPSA) is 88.3 Å². The van der Waals surface area contributed by atoms with E-state index in [1.54, 1.807) is 6.20 Å². The van der Waals surface area contributed by atoms with Crippen LogP contribution in [-0.4, -0.2) is 48.8 Å². The van der Waals surface area contributed by atoms with Gasteiger partial charge < -0.3 is 14.4 Å². The molecule has 0 N–H and O–H groups in total. The molecule has 1 saturated heterocycles. The van der Waals surface area contributed by atoms with Gasteiger partial charge in [-0.3, -0.25) is 4.79 Å². The van der Waals surface area contributed by atoms with Gasteiger partial charge in [0.15, 0.2) is 11.5 Å². The molecule has 1 aliphatic rings. The van der Waals surface area contributed by atoms with Gasteiger partial charge in [0.05, 0.1) is 26.2 Å². The summed E-state index contributed by atoms with van der Waals surface area (Å²) in [5, 5.41) is 9.01. The smallest absolute Gasteiger partial charge is 0.308 e. The molecule has 7 heteroatoms. The standard InChI is InChI=1S/C12H14N4O3/c1-18-11(17)6-9-8-16(4-5-19-9)12-10(7-13)14-2-3-15-12/h2-3,9H,4-6,8H2,1H3. The normalized spacial score (nSPS) is 18.7. The van der Waals surface area contributed by atoms with Gasteiger partial charge in [0.2, 0.25) is 0 Å². The minimum Gasteiger partial charge on any atom is -0.469 e. The van der Waals surface area contributed by atoms with E-state index in [1.807, 2.05) is 11.0 Å². The highest BCUT2D eigenvalue weighted by Crippen LogP contribution is 2.18. The van der Waals surface area contributed by atoms with E-state index < -0.39 is 0 Å². The van der Waals surface area contributed by atoms with Crippen LogP contribution in [0.3, 0.4) is 0 Å². The SMILES string of the molecule is COC(=O)CC1CN(c2nccnc2C#N)CCO1. The number of ether oxygens (including phenoxy) is 2. The molecule has 2 heterocycles. The van der Waals surface area contributed by atoms with Gasteiger partial charge in [-0.25, -0.2) is 9.97 Å². The predicted octanol–water partition coefficient (Wildman–Crippen LogP) is 0.117. The molecule has 0 spiro atoms. The number of morpholine rings is 1. The van der Waals surface area contributed by atoms with Gasteiger partial charge in [0.25, 0.3) is 0 Å². The van der Waals surface area contributed by atoms with E-state index in [-0.39, 0.29) is 24.2 Å². The summed E-state index contributed by atoms with van der Waals surface area (Å²) in [6.45, 7) is 1.58. The molecule has 0 aromatic carbocycles. The van der Waals surface area contributed by atoms with Crippen LogP contribution >= 0.6 is 0 Å². The molecule has 1 aromatic rings. The highest BCUT2D eigenvalue weighted by molar-refractivity contribution is 5.70. The molecule has 1 atom stereocenters. The summed E-state index contributed by atoms with van der Waals surface area (Å²) in [7, 11) is 1.35. The number of hydrogen-bond donors (Lipinski definition) is 0. The third-order valence-corrected chi connectivity index (χ3v) is 2.85. The first kappa shape index (κ1) is 13.2. The predicted molar refractivity (Wildman–Crippen MR) is 65.3 cm³/mol. The minimum absolute atomic E-state index is 0.190. The molecule has 19 heavy (non-hydrogen) atoms. The number of nitrogens with zero attached hydrogens (tertiary/aromatic N) is 4. The number of methoxy groups -OCH3 is 1. The Hall–Kier alpha value is -2.20. The van der Waals surface area contributed by atoms with Gasteiger partial charge in [-0.15, -0.1) is 0 Å². The first-order chi connectivity index (χ1) is 9.24. The van der Waals surface area contributed by atoms with Crippen LogP contribution in [0.5, 0.6) is 0 Å². The fourth-order valence-electron chi connectivity index (χ4n) is 1.95. The number of aromatic nitrogens is 2. The monoisotopic (exact) mass is 262 g/mol. The zero-order valence-electron chi connectivity index (χ0n) is 10.6. The molecule has 1 fully saturated rings. The molecule has 7 nitrogen and oxygen atoms in total. The Bertz CT molecular complexity index is 500. The maximum atomic E-state index is 11.2. The van der Waals surface area contributed by atoms with Gasteiger partial charge in [-0.2, -0.15) is 5.26 Å². The quantitative estimate of drug-likeness (QED) is 0.714.